The van der Waals surface area contributed by atoms with Crippen LogP contribution in [0.4, 0.5) is 4.39 Å². The molecule has 0 amide bonds. The normalized spacial score (nSPS) is 12.2. The van der Waals surface area contributed by atoms with Crippen LogP contribution >= 0.6 is 0 Å². The van der Waals surface area contributed by atoms with Crippen molar-refractivity contribution in [1.82, 2.24) is 4.72 Å². The van der Waals surface area contributed by atoms with Crippen LogP contribution in [-0.2, 0) is 24.8 Å². The number of hydrogen-bond acceptors (Lipinski definition) is 6. The summed E-state index contributed by atoms with van der Waals surface area (Å²) in [5, 5.41) is 13.4. The Bertz CT molecular complexity index is 1190. The molecule has 0 aliphatic heterocycles. The van der Waals surface area contributed by atoms with Crippen molar-refractivity contribution in [2.24, 2.45) is 5.14 Å². The predicted octanol–water partition coefficient (Wildman–Crippen LogP) is 0.732. The number of allylic oxidation sites excluding steroid dienone is 1. The van der Waals surface area contributed by atoms with Gasteiger partial charge in [0.25, 0.3) is 0 Å². The van der Waals surface area contributed by atoms with Crippen molar-refractivity contribution in [3.63, 3.8) is 0 Å². The molecule has 0 radical (unpaired) electrons. The molecule has 2 aromatic carbocycles. The maximum Gasteiger partial charge on any atom is 0.318 e. The van der Waals surface area contributed by atoms with Crippen LogP contribution in [0.25, 0.3) is 6.08 Å². The lowest BCUT2D eigenvalue weighted by Crippen LogP contribution is -2.29. The number of carbonyl (C=O) groups excluding carboxylic acids is 1. The van der Waals surface area contributed by atoms with Crippen molar-refractivity contribution in [3.8, 4) is 0 Å². The Labute approximate surface area is 165 Å². The van der Waals surface area contributed by atoms with Crippen LogP contribution in [-0.4, -0.2) is 40.2 Å². The van der Waals surface area contributed by atoms with E-state index in [0.29, 0.717) is 0 Å². The highest BCUT2D eigenvalue weighted by Crippen LogP contribution is 2.16. The molecule has 0 aromatic heterocycles. The van der Waals surface area contributed by atoms with E-state index in [9.17, 15) is 30.8 Å². The summed E-state index contributed by atoms with van der Waals surface area (Å²) in [6.07, 6.45) is 2.16. The number of halogens is 1. The van der Waals surface area contributed by atoms with E-state index in [-0.39, 0.29) is 16.0 Å². The number of carboxylic acids is 1. The topological polar surface area (TPSA) is 161 Å². The quantitative estimate of drug-likeness (QED) is 0.401. The number of carbonyl (C=O) groups is 2. The summed E-state index contributed by atoms with van der Waals surface area (Å²) in [6.45, 7) is -0.790. The molecule has 2 aromatic rings. The van der Waals surface area contributed by atoms with Crippen LogP contribution in [0.3, 0.4) is 0 Å². The van der Waals surface area contributed by atoms with E-state index >= 15 is 0 Å². The Morgan fingerprint density at radius 3 is 2.14 bits per heavy atom. The van der Waals surface area contributed by atoms with E-state index in [0.717, 1.165) is 42.5 Å². The number of nitrogens with one attached hydrogen (secondary N) is 1. The van der Waals surface area contributed by atoms with E-state index in [1.807, 2.05) is 4.72 Å². The second kappa shape index (κ2) is 8.61. The Balaban J connectivity index is 2.16. The van der Waals surface area contributed by atoms with E-state index in [1.54, 1.807) is 0 Å². The SMILES string of the molecule is NS(=O)(=O)c1ccc(/C=C/C(=O)c2ccc(S(=O)(=O)NCC(=O)O)cc2)c(F)c1. The first-order chi connectivity index (χ1) is 13.4. The number of rotatable bonds is 8. The first-order valence-electron chi connectivity index (χ1n) is 7.76. The molecule has 0 atom stereocenters. The molecule has 2 rings (SSSR count). The zero-order valence-corrected chi connectivity index (χ0v) is 16.2. The van der Waals surface area contributed by atoms with Crippen LogP contribution in [0.15, 0.2) is 58.3 Å². The first kappa shape index (κ1) is 22.4. The lowest BCUT2D eigenvalue weighted by atomic mass is 10.1. The van der Waals surface area contributed by atoms with Gasteiger partial charge in [-0.1, -0.05) is 6.07 Å². The Kier molecular flexibility index (Phi) is 6.64. The van der Waals surface area contributed by atoms with Gasteiger partial charge in [-0.3, -0.25) is 9.59 Å². The minimum Gasteiger partial charge on any atom is -0.480 e. The van der Waals surface area contributed by atoms with E-state index in [1.165, 1.54) is 12.1 Å². The van der Waals surface area contributed by atoms with Crippen LogP contribution in [0.2, 0.25) is 0 Å². The minimum atomic E-state index is -4.06. The van der Waals surface area contributed by atoms with E-state index < -0.39 is 49.1 Å². The molecule has 0 saturated carbocycles. The molecule has 0 bridgehead atoms. The highest BCUT2D eigenvalue weighted by Gasteiger charge is 2.16. The zero-order valence-electron chi connectivity index (χ0n) is 14.6. The molecule has 12 heteroatoms. The second-order valence-corrected chi connectivity index (χ2v) is 9.00. The maximum atomic E-state index is 13.9. The molecule has 29 heavy (non-hydrogen) atoms. The van der Waals surface area contributed by atoms with Gasteiger partial charge in [0.05, 0.1) is 9.79 Å². The lowest BCUT2D eigenvalue weighted by Gasteiger charge is -2.05. The van der Waals surface area contributed by atoms with Gasteiger partial charge in [0.2, 0.25) is 20.0 Å². The summed E-state index contributed by atoms with van der Waals surface area (Å²) < 4.78 is 62.0. The van der Waals surface area contributed by atoms with Crippen molar-refractivity contribution in [2.75, 3.05) is 6.54 Å². The summed E-state index contributed by atoms with van der Waals surface area (Å²) in [5.74, 6) is -2.82. The van der Waals surface area contributed by atoms with Crippen LogP contribution < -0.4 is 9.86 Å². The van der Waals surface area contributed by atoms with Gasteiger partial charge in [-0.2, -0.15) is 4.72 Å². The largest absolute Gasteiger partial charge is 0.480 e. The van der Waals surface area contributed by atoms with Gasteiger partial charge in [0, 0.05) is 11.1 Å². The molecule has 9 nitrogen and oxygen atoms in total. The monoisotopic (exact) mass is 442 g/mol. The van der Waals surface area contributed by atoms with Crippen LogP contribution in [0, 0.1) is 5.82 Å². The number of hydrogen-bond donors (Lipinski definition) is 3. The average Bonchev–Trinajstić information content (AvgIpc) is 2.64. The van der Waals surface area contributed by atoms with Crippen molar-refractivity contribution in [3.05, 3.63) is 65.5 Å². The molecule has 154 valence electrons. The van der Waals surface area contributed by atoms with E-state index in [4.69, 9.17) is 10.2 Å². The highest BCUT2D eigenvalue weighted by atomic mass is 32.2. The third-order valence-corrected chi connectivity index (χ3v) is 5.91. The average molecular weight is 442 g/mol. The molecule has 0 unspecified atom stereocenters. The molecular weight excluding hydrogens is 427 g/mol. The molecular formula is C17H15FN2O7S2. The highest BCUT2D eigenvalue weighted by molar-refractivity contribution is 7.89. The summed E-state index contributed by atoms with van der Waals surface area (Å²) in [7, 11) is -8.10. The van der Waals surface area contributed by atoms with Gasteiger partial charge in [-0.05, 0) is 48.6 Å². The predicted molar refractivity (Wildman–Crippen MR) is 100 cm³/mol. The number of benzene rings is 2. The molecule has 0 aliphatic carbocycles. The van der Waals surface area contributed by atoms with Crippen molar-refractivity contribution < 1.29 is 35.9 Å². The number of ketones is 1. The fraction of sp³-hybridized carbons (Fsp3) is 0.0588. The van der Waals surface area contributed by atoms with Gasteiger partial charge >= 0.3 is 5.97 Å². The fourth-order valence-electron chi connectivity index (χ4n) is 2.12. The van der Waals surface area contributed by atoms with E-state index in [2.05, 4.69) is 0 Å². The molecule has 4 N–H and O–H groups in total. The van der Waals surface area contributed by atoms with Crippen LogP contribution in [0.1, 0.15) is 15.9 Å². The number of nitrogens with two attached hydrogens (primary N) is 1. The fourth-order valence-corrected chi connectivity index (χ4v) is 3.62. The standard InChI is InChI=1S/C17H15FN2O7S2/c18-15-9-14(28(19,24)25)7-1-11(15)4-8-16(21)12-2-5-13(6-3-12)29(26,27)20-10-17(22)23/h1-9,20H,10H2,(H,22,23)(H2,19,24,25)/b8-4+. The summed E-state index contributed by atoms with van der Waals surface area (Å²) in [4.78, 5) is 22.0. The van der Waals surface area contributed by atoms with Crippen LogP contribution in [0.5, 0.6) is 0 Å². The molecule has 0 aliphatic rings. The maximum absolute atomic E-state index is 13.9. The number of primary sulfonamides is 1. The summed E-state index contributed by atoms with van der Waals surface area (Å²) in [5.41, 5.74) is 0.0443. The lowest BCUT2D eigenvalue weighted by molar-refractivity contribution is -0.135. The summed E-state index contributed by atoms with van der Waals surface area (Å²) in [6, 6.07) is 7.61. The first-order valence-corrected chi connectivity index (χ1v) is 10.8. The number of sulfonamides is 2. The van der Waals surface area contributed by atoms with Gasteiger partial charge in [0.15, 0.2) is 5.78 Å². The number of aliphatic carboxylic acids is 1. The number of carboxylic acid groups (broad SMARTS) is 1. The van der Waals surface area contributed by atoms with Gasteiger partial charge in [0.1, 0.15) is 12.4 Å². The Hall–Kier alpha value is -2.93. The van der Waals surface area contributed by atoms with Gasteiger partial charge in [-0.15, -0.1) is 0 Å². The minimum absolute atomic E-state index is 0.0529. The third kappa shape index (κ3) is 6.02. The smallest absolute Gasteiger partial charge is 0.318 e. The Morgan fingerprint density at radius 1 is 1.03 bits per heavy atom. The summed E-state index contributed by atoms with van der Waals surface area (Å²) >= 11 is 0. The molecule has 0 spiro atoms. The molecule has 0 saturated heterocycles. The van der Waals surface area contributed by atoms with Crippen molar-refractivity contribution in [1.29, 1.82) is 0 Å². The third-order valence-electron chi connectivity index (χ3n) is 3.58. The molecule has 0 heterocycles. The second-order valence-electron chi connectivity index (χ2n) is 5.67. The zero-order chi connectivity index (χ0) is 21.8. The van der Waals surface area contributed by atoms with Crippen molar-refractivity contribution >= 4 is 37.9 Å². The Morgan fingerprint density at radius 2 is 1.62 bits per heavy atom. The van der Waals surface area contributed by atoms with Gasteiger partial charge < -0.3 is 5.11 Å². The van der Waals surface area contributed by atoms with Crippen molar-refractivity contribution in [2.45, 2.75) is 9.79 Å². The van der Waals surface area contributed by atoms with Gasteiger partial charge in [-0.25, -0.2) is 26.4 Å². The molecule has 0 fully saturated rings.